The maximum absolute atomic E-state index is 12.8. The molecule has 27 heavy (non-hydrogen) atoms. The van der Waals surface area contributed by atoms with Gasteiger partial charge in [-0.1, -0.05) is 24.5 Å². The highest BCUT2D eigenvalue weighted by Crippen LogP contribution is 2.22. The third kappa shape index (κ3) is 4.89. The Bertz CT molecular complexity index is 919. The summed E-state index contributed by atoms with van der Waals surface area (Å²) >= 11 is 2.14. The highest BCUT2D eigenvalue weighted by molar-refractivity contribution is 14.1. The molecule has 0 aromatic heterocycles. The highest BCUT2D eigenvalue weighted by atomic mass is 127. The Kier molecular flexibility index (Phi) is 6.54. The quantitative estimate of drug-likeness (QED) is 0.635. The van der Waals surface area contributed by atoms with Gasteiger partial charge in [-0.25, -0.2) is 8.42 Å². The molecule has 0 bridgehead atoms. The van der Waals surface area contributed by atoms with Crippen molar-refractivity contribution in [2.45, 2.75) is 37.5 Å². The molecule has 2 aromatic carbocycles. The summed E-state index contributed by atoms with van der Waals surface area (Å²) in [6.45, 7) is 3.13. The topological polar surface area (TPSA) is 66.5 Å². The van der Waals surface area contributed by atoms with E-state index in [1.54, 1.807) is 34.6 Å². The lowest BCUT2D eigenvalue weighted by atomic mass is 10.1. The third-order valence-corrected chi connectivity index (χ3v) is 7.49. The number of hydrogen-bond acceptors (Lipinski definition) is 3. The molecule has 1 N–H and O–H groups in total. The largest absolute Gasteiger partial charge is 0.322 e. The summed E-state index contributed by atoms with van der Waals surface area (Å²) in [5.74, 6) is -0.206. The van der Waals surface area contributed by atoms with Gasteiger partial charge in [0.25, 0.3) is 5.91 Å². The van der Waals surface area contributed by atoms with Crippen LogP contribution < -0.4 is 5.32 Å². The zero-order valence-corrected chi connectivity index (χ0v) is 18.2. The van der Waals surface area contributed by atoms with E-state index in [2.05, 4.69) is 27.9 Å². The van der Waals surface area contributed by atoms with E-state index in [1.807, 2.05) is 19.1 Å². The molecule has 0 radical (unpaired) electrons. The number of carbonyl (C=O) groups is 1. The van der Waals surface area contributed by atoms with Gasteiger partial charge in [-0.05, 0) is 78.8 Å². The van der Waals surface area contributed by atoms with Crippen molar-refractivity contribution in [3.8, 4) is 0 Å². The smallest absolute Gasteiger partial charge is 0.256 e. The normalized spacial score (nSPS) is 15.9. The Morgan fingerprint density at radius 1 is 1.00 bits per heavy atom. The number of sulfonamides is 1. The predicted octanol–water partition coefficient (Wildman–Crippen LogP) is 4.42. The van der Waals surface area contributed by atoms with Gasteiger partial charge in [0.2, 0.25) is 10.0 Å². The first-order chi connectivity index (χ1) is 12.9. The van der Waals surface area contributed by atoms with Crippen LogP contribution >= 0.6 is 22.6 Å². The van der Waals surface area contributed by atoms with Gasteiger partial charge in [-0.15, -0.1) is 0 Å². The lowest BCUT2D eigenvalue weighted by Gasteiger charge is -2.20. The molecule has 7 heteroatoms. The van der Waals surface area contributed by atoms with E-state index in [-0.39, 0.29) is 10.8 Å². The number of nitrogens with zero attached hydrogens (tertiary/aromatic N) is 1. The van der Waals surface area contributed by atoms with Crippen molar-refractivity contribution in [1.82, 2.24) is 4.31 Å². The molecule has 1 saturated heterocycles. The van der Waals surface area contributed by atoms with Gasteiger partial charge < -0.3 is 5.32 Å². The van der Waals surface area contributed by atoms with Crippen molar-refractivity contribution in [2.24, 2.45) is 0 Å². The van der Waals surface area contributed by atoms with Crippen LogP contribution in [0.15, 0.2) is 47.4 Å². The van der Waals surface area contributed by atoms with E-state index in [4.69, 9.17) is 0 Å². The molecule has 144 valence electrons. The first-order valence-corrected chi connectivity index (χ1v) is 11.6. The summed E-state index contributed by atoms with van der Waals surface area (Å²) in [6.07, 6.45) is 3.97. The second-order valence-corrected chi connectivity index (χ2v) is 9.88. The molecule has 0 aliphatic carbocycles. The highest BCUT2D eigenvalue weighted by Gasteiger charge is 2.25. The van der Waals surface area contributed by atoms with Crippen molar-refractivity contribution in [2.75, 3.05) is 18.4 Å². The standard InChI is InChI=1S/C20H23IN2O3S/c1-15-6-11-18(19(21)14-15)20(24)22-16-7-9-17(10-8-16)27(25,26)23-12-4-2-3-5-13-23/h6-11,14H,2-5,12-13H2,1H3,(H,22,24). The molecule has 5 nitrogen and oxygen atoms in total. The fourth-order valence-electron chi connectivity index (χ4n) is 3.14. The second kappa shape index (κ2) is 8.70. The van der Waals surface area contributed by atoms with Crippen LogP contribution in [-0.2, 0) is 10.0 Å². The number of hydrogen-bond donors (Lipinski definition) is 1. The van der Waals surface area contributed by atoms with Crippen molar-refractivity contribution in [3.05, 3.63) is 57.2 Å². The van der Waals surface area contributed by atoms with Gasteiger partial charge in [0.05, 0.1) is 10.5 Å². The molecular weight excluding hydrogens is 475 g/mol. The first-order valence-electron chi connectivity index (χ1n) is 9.05. The minimum absolute atomic E-state index is 0.206. The van der Waals surface area contributed by atoms with E-state index in [0.717, 1.165) is 34.8 Å². The van der Waals surface area contributed by atoms with E-state index in [9.17, 15) is 13.2 Å². The van der Waals surface area contributed by atoms with Crippen molar-refractivity contribution < 1.29 is 13.2 Å². The lowest BCUT2D eigenvalue weighted by Crippen LogP contribution is -2.31. The average molecular weight is 498 g/mol. The molecule has 2 aromatic rings. The van der Waals surface area contributed by atoms with Crippen LogP contribution in [0.4, 0.5) is 5.69 Å². The molecule has 1 aliphatic heterocycles. The Morgan fingerprint density at radius 3 is 2.22 bits per heavy atom. The maximum atomic E-state index is 12.8. The Hall–Kier alpha value is -1.45. The van der Waals surface area contributed by atoms with E-state index >= 15 is 0 Å². The fraction of sp³-hybridized carbons (Fsp3) is 0.350. The van der Waals surface area contributed by atoms with Crippen LogP contribution in [0.5, 0.6) is 0 Å². The van der Waals surface area contributed by atoms with Crippen molar-refractivity contribution >= 4 is 44.2 Å². The summed E-state index contributed by atoms with van der Waals surface area (Å²) in [5, 5.41) is 2.83. The Morgan fingerprint density at radius 2 is 1.63 bits per heavy atom. The molecule has 1 heterocycles. The van der Waals surface area contributed by atoms with Gasteiger partial charge >= 0.3 is 0 Å². The summed E-state index contributed by atoms with van der Waals surface area (Å²) in [7, 11) is -3.47. The SMILES string of the molecule is Cc1ccc(C(=O)Nc2ccc(S(=O)(=O)N3CCCCCC3)cc2)c(I)c1. The van der Waals surface area contributed by atoms with Crippen molar-refractivity contribution in [1.29, 1.82) is 0 Å². The first kappa shape index (κ1) is 20.3. The van der Waals surface area contributed by atoms with Crippen molar-refractivity contribution in [3.63, 3.8) is 0 Å². The average Bonchev–Trinajstić information content (AvgIpc) is 2.92. The van der Waals surface area contributed by atoms with Crippen LogP contribution in [0.3, 0.4) is 0 Å². The molecular formula is C20H23IN2O3S. The number of amides is 1. The number of carbonyl (C=O) groups excluding carboxylic acids is 1. The van der Waals surface area contributed by atoms with E-state index < -0.39 is 10.0 Å². The summed E-state index contributed by atoms with van der Waals surface area (Å²) in [4.78, 5) is 12.7. The van der Waals surface area contributed by atoms with Gasteiger partial charge in [0.15, 0.2) is 0 Å². The van der Waals surface area contributed by atoms with Gasteiger partial charge in [0, 0.05) is 22.3 Å². The monoisotopic (exact) mass is 498 g/mol. The van der Waals surface area contributed by atoms with Gasteiger partial charge in [0.1, 0.15) is 0 Å². The molecule has 1 aliphatic rings. The summed E-state index contributed by atoms with van der Waals surface area (Å²) in [6, 6.07) is 12.1. The number of anilines is 1. The molecule has 0 atom stereocenters. The second-order valence-electron chi connectivity index (χ2n) is 6.78. The van der Waals surface area contributed by atoms with Crippen LogP contribution in [0.1, 0.15) is 41.6 Å². The summed E-state index contributed by atoms with van der Waals surface area (Å²) in [5.41, 5.74) is 2.27. The number of halogens is 1. The zero-order chi connectivity index (χ0) is 19.4. The van der Waals surface area contributed by atoms with Crippen LogP contribution in [0.25, 0.3) is 0 Å². The number of nitrogens with one attached hydrogen (secondary N) is 1. The van der Waals surface area contributed by atoms with Gasteiger partial charge in [-0.2, -0.15) is 4.31 Å². The maximum Gasteiger partial charge on any atom is 0.256 e. The van der Waals surface area contributed by atoms with Gasteiger partial charge in [-0.3, -0.25) is 4.79 Å². The van der Waals surface area contributed by atoms with E-state index in [1.165, 1.54) is 0 Å². The number of rotatable bonds is 4. The third-order valence-electron chi connectivity index (χ3n) is 4.68. The lowest BCUT2D eigenvalue weighted by molar-refractivity contribution is 0.102. The van der Waals surface area contributed by atoms with E-state index in [0.29, 0.717) is 24.3 Å². The number of aryl methyl sites for hydroxylation is 1. The zero-order valence-electron chi connectivity index (χ0n) is 15.2. The van der Waals surface area contributed by atoms with Crippen LogP contribution in [-0.4, -0.2) is 31.7 Å². The Balaban J connectivity index is 1.74. The predicted molar refractivity (Wildman–Crippen MR) is 116 cm³/mol. The van der Waals surface area contributed by atoms with Crippen LogP contribution in [0.2, 0.25) is 0 Å². The molecule has 1 amide bonds. The minimum Gasteiger partial charge on any atom is -0.322 e. The molecule has 0 unspecified atom stereocenters. The summed E-state index contributed by atoms with van der Waals surface area (Å²) < 4.78 is 28.1. The molecule has 0 saturated carbocycles. The van der Waals surface area contributed by atoms with Crippen LogP contribution in [0, 0.1) is 10.5 Å². The minimum atomic E-state index is -3.47. The number of benzene rings is 2. The molecule has 1 fully saturated rings. The fourth-order valence-corrected chi connectivity index (χ4v) is 5.58. The Labute approximate surface area is 174 Å². The molecule has 0 spiro atoms. The molecule has 3 rings (SSSR count).